The van der Waals surface area contributed by atoms with Crippen LogP contribution < -0.4 is 4.90 Å². The molecular formula is C19H23BrN3+. The summed E-state index contributed by atoms with van der Waals surface area (Å²) in [6.07, 6.45) is 1.95. The number of nitrogens with one attached hydrogen (secondary N) is 1. The number of halogens is 1. The molecule has 3 rings (SSSR count). The molecular weight excluding hydrogens is 350 g/mol. The number of hydrazone groups is 1. The molecule has 1 aliphatic heterocycles. The molecule has 4 heteroatoms. The highest BCUT2D eigenvalue weighted by Crippen LogP contribution is 2.10. The predicted octanol–water partition coefficient (Wildman–Crippen LogP) is 2.49. The van der Waals surface area contributed by atoms with Gasteiger partial charge >= 0.3 is 0 Å². The highest BCUT2D eigenvalue weighted by atomic mass is 79.9. The monoisotopic (exact) mass is 372 g/mol. The van der Waals surface area contributed by atoms with Crippen LogP contribution in [-0.4, -0.2) is 37.4 Å². The second-order valence-electron chi connectivity index (χ2n) is 6.17. The summed E-state index contributed by atoms with van der Waals surface area (Å²) in [4.78, 5) is 1.64. The molecule has 0 unspecified atom stereocenters. The maximum Gasteiger partial charge on any atom is 0.103 e. The summed E-state index contributed by atoms with van der Waals surface area (Å²) in [5.74, 6) is 0. The van der Waals surface area contributed by atoms with E-state index in [1.54, 1.807) is 4.90 Å². The third-order valence-corrected chi connectivity index (χ3v) is 4.73. The van der Waals surface area contributed by atoms with Crippen molar-refractivity contribution in [1.29, 1.82) is 0 Å². The molecule has 1 aliphatic rings. The number of nitrogens with zero attached hydrogens (tertiary/aromatic N) is 2. The van der Waals surface area contributed by atoms with E-state index in [9.17, 15) is 0 Å². The molecule has 2 aromatic carbocycles. The van der Waals surface area contributed by atoms with Gasteiger partial charge in [-0.1, -0.05) is 57.9 Å². The molecule has 0 radical (unpaired) electrons. The van der Waals surface area contributed by atoms with E-state index in [2.05, 4.69) is 69.4 Å². The third-order valence-electron chi connectivity index (χ3n) is 4.24. The van der Waals surface area contributed by atoms with E-state index in [1.807, 2.05) is 18.3 Å². The van der Waals surface area contributed by atoms with E-state index < -0.39 is 0 Å². The van der Waals surface area contributed by atoms with Gasteiger partial charge in [0.2, 0.25) is 0 Å². The number of rotatable bonds is 4. The summed E-state index contributed by atoms with van der Waals surface area (Å²) < 4.78 is 1.09. The first-order valence-electron chi connectivity index (χ1n) is 8.13. The van der Waals surface area contributed by atoms with Crippen LogP contribution in [0.5, 0.6) is 0 Å². The number of quaternary nitrogens is 1. The normalized spacial score (nSPS) is 16.2. The van der Waals surface area contributed by atoms with Crippen LogP contribution >= 0.6 is 15.9 Å². The molecule has 0 saturated carbocycles. The van der Waals surface area contributed by atoms with Gasteiger partial charge in [-0.3, -0.25) is 5.01 Å². The average molecular weight is 373 g/mol. The minimum Gasteiger partial charge on any atom is -0.328 e. The Balaban J connectivity index is 1.49. The van der Waals surface area contributed by atoms with Gasteiger partial charge in [-0.15, -0.1) is 0 Å². The van der Waals surface area contributed by atoms with E-state index >= 15 is 0 Å². The summed E-state index contributed by atoms with van der Waals surface area (Å²) in [5.41, 5.74) is 3.89. The fourth-order valence-electron chi connectivity index (χ4n) is 2.83. The Hall–Kier alpha value is -1.65. The van der Waals surface area contributed by atoms with Crippen molar-refractivity contribution in [3.8, 4) is 0 Å². The lowest BCUT2D eigenvalue weighted by molar-refractivity contribution is -0.918. The number of hydrogen-bond donors (Lipinski definition) is 1. The Morgan fingerprint density at radius 3 is 2.57 bits per heavy atom. The first-order valence-corrected chi connectivity index (χ1v) is 8.92. The lowest BCUT2D eigenvalue weighted by Crippen LogP contribution is -3.13. The molecule has 2 aromatic rings. The Bertz CT molecular complexity index is 659. The molecule has 0 aliphatic carbocycles. The SMILES string of the molecule is Cc1ccc(C[NH+]2CCN(/N=C/c3cccc(Br)c3)CC2)cc1. The number of piperazine rings is 1. The van der Waals surface area contributed by atoms with Crippen molar-refractivity contribution in [2.75, 3.05) is 26.2 Å². The quantitative estimate of drug-likeness (QED) is 0.817. The zero-order valence-electron chi connectivity index (χ0n) is 13.5. The van der Waals surface area contributed by atoms with Crippen molar-refractivity contribution < 1.29 is 4.90 Å². The third kappa shape index (κ3) is 4.91. The molecule has 120 valence electrons. The number of aryl methyl sites for hydroxylation is 1. The van der Waals surface area contributed by atoms with Gasteiger partial charge in [-0.05, 0) is 24.6 Å². The largest absolute Gasteiger partial charge is 0.328 e. The van der Waals surface area contributed by atoms with Crippen molar-refractivity contribution in [2.24, 2.45) is 5.10 Å². The molecule has 23 heavy (non-hydrogen) atoms. The zero-order chi connectivity index (χ0) is 16.1. The Labute approximate surface area is 146 Å². The van der Waals surface area contributed by atoms with Gasteiger partial charge in [-0.2, -0.15) is 5.10 Å². The van der Waals surface area contributed by atoms with Crippen LogP contribution in [0.15, 0.2) is 58.1 Å². The lowest BCUT2D eigenvalue weighted by Gasteiger charge is -2.30. The molecule has 0 aromatic heterocycles. The van der Waals surface area contributed by atoms with Crippen LogP contribution in [0.25, 0.3) is 0 Å². The van der Waals surface area contributed by atoms with Gasteiger partial charge in [0.05, 0.1) is 32.4 Å². The Kier molecular flexibility index (Phi) is 5.47. The fraction of sp³-hybridized carbons (Fsp3) is 0.316. The highest BCUT2D eigenvalue weighted by Gasteiger charge is 2.18. The van der Waals surface area contributed by atoms with Gasteiger partial charge in [0.1, 0.15) is 6.54 Å². The molecule has 1 fully saturated rings. The van der Waals surface area contributed by atoms with Crippen molar-refractivity contribution in [1.82, 2.24) is 5.01 Å². The zero-order valence-corrected chi connectivity index (χ0v) is 15.1. The second-order valence-corrected chi connectivity index (χ2v) is 7.08. The number of benzene rings is 2. The summed E-state index contributed by atoms with van der Waals surface area (Å²) in [7, 11) is 0. The maximum atomic E-state index is 4.62. The van der Waals surface area contributed by atoms with Crippen LogP contribution in [0.4, 0.5) is 0 Å². The summed E-state index contributed by atoms with van der Waals surface area (Å²) in [5, 5.41) is 6.80. The van der Waals surface area contributed by atoms with Crippen LogP contribution in [0.1, 0.15) is 16.7 Å². The molecule has 1 heterocycles. The van der Waals surface area contributed by atoms with E-state index in [-0.39, 0.29) is 0 Å². The summed E-state index contributed by atoms with van der Waals surface area (Å²) in [6.45, 7) is 7.58. The van der Waals surface area contributed by atoms with E-state index in [4.69, 9.17) is 0 Å². The van der Waals surface area contributed by atoms with Gasteiger partial charge in [0.15, 0.2) is 0 Å². The summed E-state index contributed by atoms with van der Waals surface area (Å²) in [6, 6.07) is 17.1. The first kappa shape index (κ1) is 16.2. The molecule has 3 nitrogen and oxygen atoms in total. The van der Waals surface area contributed by atoms with Gasteiger partial charge in [0, 0.05) is 10.0 Å². The Morgan fingerprint density at radius 1 is 1.13 bits per heavy atom. The molecule has 1 saturated heterocycles. The van der Waals surface area contributed by atoms with Gasteiger partial charge < -0.3 is 4.90 Å². The predicted molar refractivity (Wildman–Crippen MR) is 98.9 cm³/mol. The molecule has 0 atom stereocenters. The van der Waals surface area contributed by atoms with Crippen LogP contribution in [-0.2, 0) is 6.54 Å². The first-order chi connectivity index (χ1) is 11.2. The highest BCUT2D eigenvalue weighted by molar-refractivity contribution is 9.10. The minimum absolute atomic E-state index is 1.02. The second kappa shape index (κ2) is 7.75. The maximum absolute atomic E-state index is 4.62. The molecule has 0 spiro atoms. The van der Waals surface area contributed by atoms with E-state index in [0.29, 0.717) is 0 Å². The fourth-order valence-corrected chi connectivity index (χ4v) is 3.25. The standard InChI is InChI=1S/C19H22BrN3/c1-16-5-7-17(8-6-16)15-22-9-11-23(12-10-22)21-14-18-3-2-4-19(20)13-18/h2-8,13-14H,9-12,15H2,1H3/p+1/b21-14+. The molecule has 0 bridgehead atoms. The Morgan fingerprint density at radius 2 is 1.87 bits per heavy atom. The smallest absolute Gasteiger partial charge is 0.103 e. The minimum atomic E-state index is 1.02. The topological polar surface area (TPSA) is 20.0 Å². The van der Waals surface area contributed by atoms with Crippen molar-refractivity contribution >= 4 is 22.1 Å². The summed E-state index contributed by atoms with van der Waals surface area (Å²) >= 11 is 3.49. The van der Waals surface area contributed by atoms with Crippen LogP contribution in [0.2, 0.25) is 0 Å². The van der Waals surface area contributed by atoms with Crippen molar-refractivity contribution in [3.63, 3.8) is 0 Å². The average Bonchev–Trinajstić information content (AvgIpc) is 2.56. The van der Waals surface area contributed by atoms with Crippen LogP contribution in [0, 0.1) is 6.92 Å². The van der Waals surface area contributed by atoms with Gasteiger partial charge in [0.25, 0.3) is 0 Å². The van der Waals surface area contributed by atoms with Gasteiger partial charge in [-0.25, -0.2) is 0 Å². The van der Waals surface area contributed by atoms with Crippen LogP contribution in [0.3, 0.4) is 0 Å². The molecule has 1 N–H and O–H groups in total. The molecule has 0 amide bonds. The lowest BCUT2D eigenvalue weighted by atomic mass is 10.1. The van der Waals surface area contributed by atoms with Crippen molar-refractivity contribution in [3.05, 3.63) is 69.7 Å². The van der Waals surface area contributed by atoms with Crippen molar-refractivity contribution in [2.45, 2.75) is 13.5 Å². The van der Waals surface area contributed by atoms with E-state index in [0.717, 1.165) is 42.8 Å². The number of hydrogen-bond acceptors (Lipinski definition) is 2. The van der Waals surface area contributed by atoms with E-state index in [1.165, 1.54) is 11.1 Å².